The first-order valence-electron chi connectivity index (χ1n) is 8.24. The van der Waals surface area contributed by atoms with Crippen LogP contribution in [0, 0.1) is 0 Å². The van der Waals surface area contributed by atoms with E-state index in [1.165, 1.54) is 12.1 Å². The van der Waals surface area contributed by atoms with Gasteiger partial charge in [0.2, 0.25) is 0 Å². The number of nitrogens with zero attached hydrogens (tertiary/aromatic N) is 2. The highest BCUT2D eigenvalue weighted by molar-refractivity contribution is 5.55. The van der Waals surface area contributed by atoms with Crippen LogP contribution in [0.5, 0.6) is 5.75 Å². The van der Waals surface area contributed by atoms with Crippen molar-refractivity contribution in [3.8, 4) is 17.1 Å². The Morgan fingerprint density at radius 1 is 1.00 bits per heavy atom. The Labute approximate surface area is 148 Å². The Balaban J connectivity index is 2.03. The third kappa shape index (κ3) is 5.37. The van der Waals surface area contributed by atoms with E-state index >= 15 is 0 Å². The fraction of sp³-hybridized carbons (Fsp3) is 0.444. The Hall–Kier alpha value is -2.25. The van der Waals surface area contributed by atoms with Crippen molar-refractivity contribution in [1.82, 2.24) is 9.97 Å². The number of benzene rings is 1. The highest BCUT2D eigenvalue weighted by atomic mass is 19.3. The molecule has 0 radical (unpaired) electrons. The van der Waals surface area contributed by atoms with E-state index in [2.05, 4.69) is 21.6 Å². The lowest BCUT2D eigenvalue weighted by Crippen LogP contribution is -2.40. The minimum atomic E-state index is -4.62. The third-order valence-electron chi connectivity index (χ3n) is 3.68. The first-order valence-corrected chi connectivity index (χ1v) is 8.24. The maximum absolute atomic E-state index is 13.2. The molecule has 142 valence electrons. The number of hydrogen-bond donors (Lipinski definition) is 0. The molecule has 8 heteroatoms. The van der Waals surface area contributed by atoms with Crippen LogP contribution in [0.3, 0.4) is 0 Å². The van der Waals surface area contributed by atoms with Crippen molar-refractivity contribution in [2.45, 2.75) is 51.3 Å². The van der Waals surface area contributed by atoms with Gasteiger partial charge in [0, 0.05) is 18.0 Å². The van der Waals surface area contributed by atoms with E-state index < -0.39 is 24.5 Å². The van der Waals surface area contributed by atoms with Crippen molar-refractivity contribution in [3.63, 3.8) is 0 Å². The summed E-state index contributed by atoms with van der Waals surface area (Å²) in [6, 6.07) is 5.04. The van der Waals surface area contributed by atoms with Crippen LogP contribution >= 0.6 is 0 Å². The molecule has 3 nitrogen and oxygen atoms in total. The number of halogens is 5. The summed E-state index contributed by atoms with van der Waals surface area (Å²) in [5.74, 6) is -0.0447. The van der Waals surface area contributed by atoms with Gasteiger partial charge in [-0.3, -0.25) is 0 Å². The number of aryl methyl sites for hydroxylation is 1. The molecule has 0 fully saturated rings. The monoisotopic (exact) mass is 374 g/mol. The number of hydrogen-bond acceptors (Lipinski definition) is 3. The first-order chi connectivity index (χ1) is 12.3. The summed E-state index contributed by atoms with van der Waals surface area (Å²) >= 11 is 0. The molecule has 0 aliphatic rings. The van der Waals surface area contributed by atoms with Gasteiger partial charge in [-0.2, -0.15) is 8.78 Å². The van der Waals surface area contributed by atoms with Crippen LogP contribution in [0.2, 0.25) is 0 Å². The molecule has 0 amide bonds. The zero-order chi connectivity index (χ0) is 19.2. The van der Waals surface area contributed by atoms with Gasteiger partial charge in [0.25, 0.3) is 12.6 Å². The molecule has 0 aliphatic heterocycles. The molecule has 1 aromatic heterocycles. The van der Waals surface area contributed by atoms with Gasteiger partial charge in [-0.1, -0.05) is 19.8 Å². The van der Waals surface area contributed by atoms with Crippen molar-refractivity contribution in [3.05, 3.63) is 42.2 Å². The molecule has 1 heterocycles. The molecule has 0 spiro atoms. The molecule has 0 saturated heterocycles. The second kappa shape index (κ2) is 8.91. The molecule has 0 N–H and O–H groups in total. The van der Waals surface area contributed by atoms with Crippen LogP contribution in [-0.4, -0.2) is 28.7 Å². The van der Waals surface area contributed by atoms with Gasteiger partial charge in [-0.25, -0.2) is 23.1 Å². The predicted octanol–water partition coefficient (Wildman–Crippen LogP) is 5.45. The van der Waals surface area contributed by atoms with Crippen LogP contribution in [0.1, 0.15) is 31.7 Å². The fourth-order valence-corrected chi connectivity index (χ4v) is 2.24. The minimum Gasteiger partial charge on any atom is -0.430 e. The normalized spacial score (nSPS) is 13.0. The summed E-state index contributed by atoms with van der Waals surface area (Å²) in [5.41, 5.74) is 1.54. The lowest BCUT2D eigenvalue weighted by Gasteiger charge is -2.20. The molecule has 1 aromatic carbocycles. The molecule has 0 saturated carbocycles. The van der Waals surface area contributed by atoms with Crippen molar-refractivity contribution >= 4 is 0 Å². The maximum Gasteiger partial charge on any atom is 0.435 e. The molecule has 0 aliphatic carbocycles. The first kappa shape index (κ1) is 20.1. The SMILES string of the molecule is CCCCCc1cnc(-c2ccc(OC(F)(F)C(F)C(F)F)cc2)nc1. The van der Waals surface area contributed by atoms with Gasteiger partial charge in [-0.05, 0) is 42.7 Å². The Morgan fingerprint density at radius 2 is 1.62 bits per heavy atom. The zero-order valence-corrected chi connectivity index (χ0v) is 14.1. The van der Waals surface area contributed by atoms with E-state index in [-0.39, 0.29) is 0 Å². The molecule has 0 bridgehead atoms. The topological polar surface area (TPSA) is 35.0 Å². The third-order valence-corrected chi connectivity index (χ3v) is 3.68. The van der Waals surface area contributed by atoms with Gasteiger partial charge in [0.05, 0.1) is 0 Å². The van der Waals surface area contributed by atoms with E-state index in [0.717, 1.165) is 43.4 Å². The maximum atomic E-state index is 13.2. The van der Waals surface area contributed by atoms with Gasteiger partial charge >= 0.3 is 6.11 Å². The summed E-state index contributed by atoms with van der Waals surface area (Å²) < 4.78 is 67.6. The van der Waals surface area contributed by atoms with Crippen LogP contribution < -0.4 is 4.74 Å². The van der Waals surface area contributed by atoms with Crippen LogP contribution in [0.4, 0.5) is 22.0 Å². The van der Waals surface area contributed by atoms with Gasteiger partial charge in [0.15, 0.2) is 5.82 Å². The smallest absolute Gasteiger partial charge is 0.430 e. The lowest BCUT2D eigenvalue weighted by molar-refractivity contribution is -0.244. The molecular formula is C18H19F5N2O. The van der Waals surface area contributed by atoms with E-state index in [0.29, 0.717) is 11.4 Å². The Bertz CT molecular complexity index is 677. The highest BCUT2D eigenvalue weighted by Gasteiger charge is 2.49. The van der Waals surface area contributed by atoms with E-state index in [4.69, 9.17) is 0 Å². The molecule has 1 atom stereocenters. The van der Waals surface area contributed by atoms with E-state index in [1.807, 2.05) is 0 Å². The highest BCUT2D eigenvalue weighted by Crippen LogP contribution is 2.30. The van der Waals surface area contributed by atoms with Crippen molar-refractivity contribution in [1.29, 1.82) is 0 Å². The standard InChI is InChI=1S/C18H19F5N2O/c1-2-3-4-5-12-10-24-17(25-11-12)13-6-8-14(9-7-13)26-18(22,23)15(19)16(20)21/h6-11,15-16H,2-5H2,1H3. The van der Waals surface area contributed by atoms with Gasteiger partial charge < -0.3 is 4.74 Å². The quantitative estimate of drug-likeness (QED) is 0.432. The second-order valence-corrected chi connectivity index (χ2v) is 5.80. The van der Waals surface area contributed by atoms with E-state index in [9.17, 15) is 22.0 Å². The Morgan fingerprint density at radius 3 is 2.15 bits per heavy atom. The molecule has 2 rings (SSSR count). The average Bonchev–Trinajstić information content (AvgIpc) is 2.62. The number of ether oxygens (including phenoxy) is 1. The summed E-state index contributed by atoms with van der Waals surface area (Å²) in [6.45, 7) is 2.12. The summed E-state index contributed by atoms with van der Waals surface area (Å²) in [6.07, 6.45) is -4.59. The lowest BCUT2D eigenvalue weighted by atomic mass is 10.1. The second-order valence-electron chi connectivity index (χ2n) is 5.80. The van der Waals surface area contributed by atoms with Crippen molar-refractivity contribution in [2.75, 3.05) is 0 Å². The molecular weight excluding hydrogens is 355 g/mol. The van der Waals surface area contributed by atoms with Gasteiger partial charge in [0.1, 0.15) is 5.75 Å². The largest absolute Gasteiger partial charge is 0.435 e. The van der Waals surface area contributed by atoms with Crippen molar-refractivity contribution < 1.29 is 26.7 Å². The van der Waals surface area contributed by atoms with E-state index in [1.54, 1.807) is 12.4 Å². The molecule has 1 unspecified atom stereocenters. The van der Waals surface area contributed by atoms with Crippen LogP contribution in [0.15, 0.2) is 36.7 Å². The molecule has 26 heavy (non-hydrogen) atoms. The minimum absolute atomic E-state index is 0.388. The average molecular weight is 374 g/mol. The summed E-state index contributed by atoms with van der Waals surface area (Å²) in [5, 5.41) is 0. The summed E-state index contributed by atoms with van der Waals surface area (Å²) in [7, 11) is 0. The number of alkyl halides is 5. The Kier molecular flexibility index (Phi) is 6.88. The van der Waals surface area contributed by atoms with Crippen LogP contribution in [-0.2, 0) is 6.42 Å². The van der Waals surface area contributed by atoms with Crippen molar-refractivity contribution in [2.24, 2.45) is 0 Å². The zero-order valence-electron chi connectivity index (χ0n) is 14.1. The van der Waals surface area contributed by atoms with Crippen LogP contribution in [0.25, 0.3) is 11.4 Å². The number of rotatable bonds is 9. The summed E-state index contributed by atoms with van der Waals surface area (Å²) in [4.78, 5) is 8.45. The fourth-order valence-electron chi connectivity index (χ4n) is 2.24. The number of aromatic nitrogens is 2. The van der Waals surface area contributed by atoms with Gasteiger partial charge in [-0.15, -0.1) is 0 Å². The molecule has 2 aromatic rings. The number of unbranched alkanes of at least 4 members (excludes halogenated alkanes) is 2. The predicted molar refractivity (Wildman–Crippen MR) is 87.2 cm³/mol.